The second-order valence-corrected chi connectivity index (χ2v) is 8.66. The van der Waals surface area contributed by atoms with Gasteiger partial charge in [-0.25, -0.2) is 0 Å². The van der Waals surface area contributed by atoms with Gasteiger partial charge >= 0.3 is 0 Å². The molecular formula is C11H16N6Si. The first-order valence-electron chi connectivity index (χ1n) is 5.64. The van der Waals surface area contributed by atoms with Gasteiger partial charge in [-0.15, -0.1) is 0 Å². The van der Waals surface area contributed by atoms with E-state index < -0.39 is 8.07 Å². The first kappa shape index (κ1) is 12.3. The Morgan fingerprint density at radius 1 is 0.889 bits per heavy atom. The molecule has 0 atom stereocenters. The number of hydrogen-bond acceptors (Lipinski definition) is 3. The first-order chi connectivity index (χ1) is 8.71. The molecule has 0 saturated carbocycles. The molecule has 0 aliphatic rings. The van der Waals surface area contributed by atoms with E-state index in [9.17, 15) is 0 Å². The summed E-state index contributed by atoms with van der Waals surface area (Å²) in [7, 11) is -1.59. The van der Waals surface area contributed by atoms with Crippen LogP contribution in [0, 0.1) is 0 Å². The fraction of sp³-hybridized carbons (Fsp3) is 0.182. The monoisotopic (exact) mass is 260 g/mol. The van der Waals surface area contributed by atoms with Gasteiger partial charge in [0.25, 0.3) is 0 Å². The normalized spacial score (nSPS) is 10.8. The molecule has 3 N–H and O–H groups in total. The van der Waals surface area contributed by atoms with Gasteiger partial charge in [-0.3, -0.25) is 15.3 Å². The fourth-order valence-corrected chi connectivity index (χ4v) is 3.53. The molecule has 0 bridgehead atoms. The largest absolute Gasteiger partial charge is 0.287 e. The number of aromatic amines is 3. The minimum atomic E-state index is -1.59. The summed E-state index contributed by atoms with van der Waals surface area (Å²) < 4.78 is 0. The number of hydrogen-bond donors (Lipinski definition) is 3. The summed E-state index contributed by atoms with van der Waals surface area (Å²) >= 11 is 0. The van der Waals surface area contributed by atoms with Crippen molar-refractivity contribution in [2.75, 3.05) is 0 Å². The highest BCUT2D eigenvalue weighted by molar-refractivity contribution is 6.99. The van der Waals surface area contributed by atoms with Gasteiger partial charge < -0.3 is 0 Å². The van der Waals surface area contributed by atoms with Crippen LogP contribution >= 0.6 is 0 Å². The van der Waals surface area contributed by atoms with E-state index in [0.29, 0.717) is 0 Å². The molecule has 0 aliphatic carbocycles. The molecule has 3 rings (SSSR count). The van der Waals surface area contributed by atoms with Crippen molar-refractivity contribution in [2.24, 2.45) is 0 Å². The maximum Gasteiger partial charge on any atom is 0.157 e. The number of H-pyrrole nitrogens is 3. The summed E-state index contributed by atoms with van der Waals surface area (Å²) in [5, 5.41) is 22.7. The molecule has 0 fully saturated rings. The van der Waals surface area contributed by atoms with Crippen LogP contribution in [0.1, 0.15) is 0 Å². The lowest BCUT2D eigenvalue weighted by atomic mass is 10.7. The second-order valence-electron chi connectivity index (χ2n) is 4.33. The molecule has 0 amide bonds. The highest BCUT2D eigenvalue weighted by Gasteiger charge is 2.28. The summed E-state index contributed by atoms with van der Waals surface area (Å²) in [6.07, 6.45) is 7.04. The molecule has 0 radical (unpaired) electrons. The molecule has 3 heterocycles. The van der Waals surface area contributed by atoms with Gasteiger partial charge in [-0.1, -0.05) is 13.1 Å². The van der Waals surface area contributed by atoms with E-state index in [4.69, 9.17) is 0 Å². The third-order valence-electron chi connectivity index (χ3n) is 2.75. The van der Waals surface area contributed by atoms with Gasteiger partial charge in [0, 0.05) is 35.4 Å². The molecule has 0 unspecified atom stereocenters. The average Bonchev–Trinajstić information content (AvgIpc) is 3.14. The molecule has 6 nitrogen and oxygen atoms in total. The van der Waals surface area contributed by atoms with Gasteiger partial charge in [0.1, 0.15) is 0 Å². The van der Waals surface area contributed by atoms with E-state index in [2.05, 4.69) is 43.7 Å². The van der Waals surface area contributed by atoms with Crippen molar-refractivity contribution in [1.29, 1.82) is 0 Å². The van der Waals surface area contributed by atoms with Crippen molar-refractivity contribution >= 4 is 18.7 Å². The molecule has 94 valence electrons. The molecule has 0 aromatic carbocycles. The maximum absolute atomic E-state index is 3.97. The lowest BCUT2D eigenvalue weighted by molar-refractivity contribution is 1.09. The van der Waals surface area contributed by atoms with Crippen molar-refractivity contribution in [2.45, 2.75) is 13.1 Å². The van der Waals surface area contributed by atoms with Crippen LogP contribution in [0.4, 0.5) is 0 Å². The summed E-state index contributed by atoms with van der Waals surface area (Å²) in [6.45, 7) is 4.52. The Hall–Kier alpha value is -2.15. The van der Waals surface area contributed by atoms with E-state index >= 15 is 0 Å². The van der Waals surface area contributed by atoms with Gasteiger partial charge in [0.05, 0.1) is 0 Å². The van der Waals surface area contributed by atoms with E-state index in [1.54, 1.807) is 24.8 Å². The topological polar surface area (TPSA) is 86.0 Å². The zero-order chi connectivity index (χ0) is 12.8. The van der Waals surface area contributed by atoms with Gasteiger partial charge in [-0.05, 0) is 18.2 Å². The average molecular weight is 260 g/mol. The van der Waals surface area contributed by atoms with Crippen LogP contribution in [0.15, 0.2) is 43.0 Å². The zero-order valence-electron chi connectivity index (χ0n) is 10.4. The molecule has 7 heteroatoms. The van der Waals surface area contributed by atoms with E-state index in [1.165, 1.54) is 10.6 Å². The highest BCUT2D eigenvalue weighted by atomic mass is 28.3. The van der Waals surface area contributed by atoms with E-state index in [1.807, 2.05) is 18.2 Å². The quantitative estimate of drug-likeness (QED) is 0.582. The lowest BCUT2D eigenvalue weighted by Crippen LogP contribution is -2.54. The Balaban J connectivity index is 0.000000202. The minimum absolute atomic E-state index is 1.22. The maximum atomic E-state index is 3.97. The third kappa shape index (κ3) is 2.75. The first-order valence-corrected chi connectivity index (χ1v) is 8.64. The summed E-state index contributed by atoms with van der Waals surface area (Å²) in [5.74, 6) is 0. The Labute approximate surface area is 106 Å². The molecule has 3 aromatic heterocycles. The van der Waals surface area contributed by atoms with Crippen LogP contribution in [0.3, 0.4) is 0 Å². The standard InChI is InChI=1S/C8H12N4Si.C3H4N2/c1-13(2,7-3-5-9-11-7)8-4-6-10-12-8;1-2-4-5-3-1/h3-6H,1-2H3,(H,9,11)(H,10,12);1-3H,(H,4,5). The molecule has 0 spiro atoms. The van der Waals surface area contributed by atoms with Crippen LogP contribution in [0.2, 0.25) is 13.1 Å². The van der Waals surface area contributed by atoms with Gasteiger partial charge in [0.15, 0.2) is 8.07 Å². The van der Waals surface area contributed by atoms with Crippen molar-refractivity contribution in [3.63, 3.8) is 0 Å². The third-order valence-corrected chi connectivity index (χ3v) is 6.00. The van der Waals surface area contributed by atoms with E-state index in [0.717, 1.165) is 0 Å². The van der Waals surface area contributed by atoms with Crippen LogP contribution in [0.5, 0.6) is 0 Å². The second kappa shape index (κ2) is 5.45. The minimum Gasteiger partial charge on any atom is -0.287 e. The van der Waals surface area contributed by atoms with Crippen LogP contribution < -0.4 is 10.6 Å². The van der Waals surface area contributed by atoms with Crippen LogP contribution in [-0.2, 0) is 0 Å². The predicted octanol–water partition coefficient (Wildman–Crippen LogP) is 0.365. The van der Waals surface area contributed by atoms with Gasteiger partial charge in [-0.2, -0.15) is 15.3 Å². The molecular weight excluding hydrogens is 244 g/mol. The molecule has 0 aliphatic heterocycles. The zero-order valence-corrected chi connectivity index (χ0v) is 11.4. The van der Waals surface area contributed by atoms with Crippen LogP contribution in [-0.4, -0.2) is 38.7 Å². The number of rotatable bonds is 2. The molecule has 18 heavy (non-hydrogen) atoms. The SMILES string of the molecule is C[Si](C)(c1ccn[nH]1)c1ccn[nH]1.c1cn[nH]c1. The van der Waals surface area contributed by atoms with Crippen molar-refractivity contribution < 1.29 is 0 Å². The van der Waals surface area contributed by atoms with E-state index in [-0.39, 0.29) is 0 Å². The molecule has 0 saturated heterocycles. The Morgan fingerprint density at radius 2 is 1.50 bits per heavy atom. The molecule has 3 aromatic rings. The van der Waals surface area contributed by atoms with Crippen molar-refractivity contribution in [1.82, 2.24) is 30.6 Å². The smallest absolute Gasteiger partial charge is 0.157 e. The summed E-state index contributed by atoms with van der Waals surface area (Å²) in [6, 6.07) is 5.90. The van der Waals surface area contributed by atoms with Gasteiger partial charge in [0.2, 0.25) is 0 Å². The lowest BCUT2D eigenvalue weighted by Gasteiger charge is -2.17. The highest BCUT2D eigenvalue weighted by Crippen LogP contribution is 1.99. The summed E-state index contributed by atoms with van der Waals surface area (Å²) in [4.78, 5) is 0. The Bertz CT molecular complexity index is 473. The Morgan fingerprint density at radius 3 is 1.78 bits per heavy atom. The fourth-order valence-electron chi connectivity index (χ4n) is 1.57. The number of nitrogens with zero attached hydrogens (tertiary/aromatic N) is 3. The Kier molecular flexibility index (Phi) is 3.73. The summed E-state index contributed by atoms with van der Waals surface area (Å²) in [5.41, 5.74) is 0. The number of aromatic nitrogens is 6. The van der Waals surface area contributed by atoms with Crippen LogP contribution in [0.25, 0.3) is 0 Å². The van der Waals surface area contributed by atoms with Crippen molar-refractivity contribution in [3.05, 3.63) is 43.0 Å². The van der Waals surface area contributed by atoms with Crippen molar-refractivity contribution in [3.8, 4) is 0 Å². The predicted molar refractivity (Wildman–Crippen MR) is 72.5 cm³/mol. The number of nitrogens with one attached hydrogen (secondary N) is 3.